The number of thiazole rings is 1. The van der Waals surface area contributed by atoms with Gasteiger partial charge in [-0.2, -0.15) is 0 Å². The van der Waals surface area contributed by atoms with E-state index in [0.29, 0.717) is 5.56 Å². The maximum Gasteiger partial charge on any atom is 0.151 e. The Balaban J connectivity index is 2.14. The summed E-state index contributed by atoms with van der Waals surface area (Å²) in [6.07, 6.45) is 6.47. The molecule has 14 heavy (non-hydrogen) atoms. The van der Waals surface area contributed by atoms with Crippen molar-refractivity contribution in [3.05, 3.63) is 40.1 Å². The molecule has 0 N–H and O–H groups in total. The van der Waals surface area contributed by atoms with Gasteiger partial charge in [-0.1, -0.05) is 0 Å². The number of nitrogens with zero attached hydrogens (tertiary/aromatic N) is 2. The average molecular weight is 206 g/mol. The molecule has 0 saturated heterocycles. The van der Waals surface area contributed by atoms with Crippen LogP contribution in [0, 0.1) is 6.92 Å². The minimum Gasteiger partial charge on any atom is -0.348 e. The maximum absolute atomic E-state index is 10.5. The van der Waals surface area contributed by atoms with Crippen molar-refractivity contribution in [3.8, 4) is 0 Å². The molecule has 0 aliphatic rings. The number of aldehydes is 1. The Morgan fingerprint density at radius 1 is 1.64 bits per heavy atom. The lowest BCUT2D eigenvalue weighted by Gasteiger charge is -1.97. The molecular formula is C10H10N2OS. The summed E-state index contributed by atoms with van der Waals surface area (Å²) in [6, 6.07) is 1.81. The molecule has 2 rings (SSSR count). The van der Waals surface area contributed by atoms with Gasteiger partial charge >= 0.3 is 0 Å². The van der Waals surface area contributed by atoms with Gasteiger partial charge in [0.2, 0.25) is 0 Å². The quantitative estimate of drug-likeness (QED) is 0.721. The van der Waals surface area contributed by atoms with E-state index in [1.807, 2.05) is 30.1 Å². The summed E-state index contributed by atoms with van der Waals surface area (Å²) in [4.78, 5) is 15.8. The number of carbonyl (C=O) groups excluding carboxylic acids is 1. The number of carbonyl (C=O) groups is 1. The van der Waals surface area contributed by atoms with Crippen molar-refractivity contribution < 1.29 is 4.79 Å². The Hall–Kier alpha value is -1.42. The topological polar surface area (TPSA) is 34.9 Å². The summed E-state index contributed by atoms with van der Waals surface area (Å²) in [5.74, 6) is 0. The van der Waals surface area contributed by atoms with Crippen molar-refractivity contribution in [1.29, 1.82) is 0 Å². The highest BCUT2D eigenvalue weighted by molar-refractivity contribution is 7.11. The monoisotopic (exact) mass is 206 g/mol. The Labute approximate surface area is 86.0 Å². The van der Waals surface area contributed by atoms with Crippen molar-refractivity contribution in [2.75, 3.05) is 0 Å². The molecule has 3 nitrogen and oxygen atoms in total. The lowest BCUT2D eigenvalue weighted by molar-refractivity contribution is 0.112. The first-order valence-electron chi connectivity index (χ1n) is 4.30. The van der Waals surface area contributed by atoms with Gasteiger partial charge < -0.3 is 4.57 Å². The molecule has 0 atom stereocenters. The van der Waals surface area contributed by atoms with E-state index in [4.69, 9.17) is 0 Å². The molecule has 0 unspecified atom stereocenters. The van der Waals surface area contributed by atoms with Crippen molar-refractivity contribution >= 4 is 17.6 Å². The zero-order valence-corrected chi connectivity index (χ0v) is 8.62. The van der Waals surface area contributed by atoms with Crippen LogP contribution in [0.5, 0.6) is 0 Å². The fourth-order valence-corrected chi connectivity index (χ4v) is 2.09. The van der Waals surface area contributed by atoms with E-state index in [1.165, 1.54) is 4.88 Å². The standard InChI is InChI=1S/C10H10N2OS/c1-8-11-4-10(14-8)6-12-3-2-9(5-12)7-13/h2-5,7H,6H2,1H3. The highest BCUT2D eigenvalue weighted by Gasteiger charge is 2.00. The molecule has 2 heterocycles. The van der Waals surface area contributed by atoms with Gasteiger partial charge in [-0.3, -0.25) is 4.79 Å². The van der Waals surface area contributed by atoms with Crippen LogP contribution >= 0.6 is 11.3 Å². The number of aryl methyl sites for hydroxylation is 1. The summed E-state index contributed by atoms with van der Waals surface area (Å²) < 4.78 is 1.98. The largest absolute Gasteiger partial charge is 0.348 e. The minimum absolute atomic E-state index is 0.714. The number of hydrogen-bond donors (Lipinski definition) is 0. The lowest BCUT2D eigenvalue weighted by atomic mass is 10.4. The van der Waals surface area contributed by atoms with Gasteiger partial charge in [0, 0.05) is 29.0 Å². The highest BCUT2D eigenvalue weighted by Crippen LogP contribution is 2.13. The fourth-order valence-electron chi connectivity index (χ4n) is 1.29. The number of rotatable bonds is 3. The molecule has 0 spiro atoms. The molecule has 0 radical (unpaired) electrons. The second kappa shape index (κ2) is 3.75. The van der Waals surface area contributed by atoms with Gasteiger partial charge in [0.25, 0.3) is 0 Å². The van der Waals surface area contributed by atoms with Crippen molar-refractivity contribution in [1.82, 2.24) is 9.55 Å². The second-order valence-corrected chi connectivity index (χ2v) is 4.40. The first kappa shape index (κ1) is 9.15. The smallest absolute Gasteiger partial charge is 0.151 e. The van der Waals surface area contributed by atoms with E-state index in [2.05, 4.69) is 4.98 Å². The van der Waals surface area contributed by atoms with Gasteiger partial charge in [-0.25, -0.2) is 4.98 Å². The third kappa shape index (κ3) is 1.90. The molecule has 2 aromatic rings. The molecule has 2 aromatic heterocycles. The van der Waals surface area contributed by atoms with Crippen LogP contribution in [0.1, 0.15) is 20.2 Å². The maximum atomic E-state index is 10.5. The van der Waals surface area contributed by atoms with Crippen molar-refractivity contribution in [3.63, 3.8) is 0 Å². The van der Waals surface area contributed by atoms with E-state index >= 15 is 0 Å². The molecule has 0 aliphatic carbocycles. The van der Waals surface area contributed by atoms with E-state index in [1.54, 1.807) is 17.4 Å². The fraction of sp³-hybridized carbons (Fsp3) is 0.200. The van der Waals surface area contributed by atoms with Gasteiger partial charge in [0.15, 0.2) is 6.29 Å². The van der Waals surface area contributed by atoms with Gasteiger partial charge in [0.1, 0.15) is 0 Å². The van der Waals surface area contributed by atoms with Crippen LogP contribution < -0.4 is 0 Å². The first-order valence-corrected chi connectivity index (χ1v) is 5.12. The third-order valence-corrected chi connectivity index (χ3v) is 2.81. The van der Waals surface area contributed by atoms with E-state index in [0.717, 1.165) is 17.8 Å². The SMILES string of the molecule is Cc1ncc(Cn2ccc(C=O)c2)s1. The highest BCUT2D eigenvalue weighted by atomic mass is 32.1. The molecule has 0 saturated carbocycles. The molecule has 0 aromatic carbocycles. The van der Waals surface area contributed by atoms with Crippen LogP contribution in [0.4, 0.5) is 0 Å². The zero-order valence-electron chi connectivity index (χ0n) is 7.80. The molecule has 0 bridgehead atoms. The Kier molecular flexibility index (Phi) is 2.45. The Bertz CT molecular complexity index is 444. The third-order valence-electron chi connectivity index (χ3n) is 1.92. The van der Waals surface area contributed by atoms with Gasteiger partial charge in [-0.15, -0.1) is 11.3 Å². The van der Waals surface area contributed by atoms with Crippen LogP contribution in [-0.2, 0) is 6.54 Å². The predicted octanol–water partition coefficient (Wildman–Crippen LogP) is 2.11. The van der Waals surface area contributed by atoms with Crippen molar-refractivity contribution in [2.24, 2.45) is 0 Å². The molecule has 0 amide bonds. The molecule has 0 aliphatic heterocycles. The second-order valence-electron chi connectivity index (χ2n) is 3.08. The van der Waals surface area contributed by atoms with Gasteiger partial charge in [-0.05, 0) is 13.0 Å². The van der Waals surface area contributed by atoms with Crippen LogP contribution in [0.2, 0.25) is 0 Å². The predicted molar refractivity (Wildman–Crippen MR) is 55.8 cm³/mol. The van der Waals surface area contributed by atoms with Crippen LogP contribution in [0.25, 0.3) is 0 Å². The number of aromatic nitrogens is 2. The van der Waals surface area contributed by atoms with E-state index in [-0.39, 0.29) is 0 Å². The normalized spacial score (nSPS) is 10.4. The summed E-state index contributed by atoms with van der Waals surface area (Å²) >= 11 is 1.68. The van der Waals surface area contributed by atoms with Crippen LogP contribution in [0.15, 0.2) is 24.7 Å². The molecule has 0 fully saturated rings. The van der Waals surface area contributed by atoms with Crippen LogP contribution in [0.3, 0.4) is 0 Å². The zero-order chi connectivity index (χ0) is 9.97. The van der Waals surface area contributed by atoms with Crippen LogP contribution in [-0.4, -0.2) is 15.8 Å². The molecule has 72 valence electrons. The summed E-state index contributed by atoms with van der Waals surface area (Å²) in [5, 5.41) is 1.07. The van der Waals surface area contributed by atoms with E-state index < -0.39 is 0 Å². The minimum atomic E-state index is 0.714. The molecule has 4 heteroatoms. The molecular weight excluding hydrogens is 196 g/mol. The van der Waals surface area contributed by atoms with Gasteiger partial charge in [0.05, 0.1) is 11.6 Å². The summed E-state index contributed by atoms with van der Waals surface area (Å²) in [5.41, 5.74) is 0.714. The first-order chi connectivity index (χ1) is 6.78. The summed E-state index contributed by atoms with van der Waals surface area (Å²) in [7, 11) is 0. The lowest BCUT2D eigenvalue weighted by Crippen LogP contribution is -1.93. The summed E-state index contributed by atoms with van der Waals surface area (Å²) in [6.45, 7) is 2.78. The average Bonchev–Trinajstić information content (AvgIpc) is 2.76. The Morgan fingerprint density at radius 2 is 2.50 bits per heavy atom. The number of hydrogen-bond acceptors (Lipinski definition) is 3. The Morgan fingerprint density at radius 3 is 3.07 bits per heavy atom. The van der Waals surface area contributed by atoms with Crippen molar-refractivity contribution in [2.45, 2.75) is 13.5 Å². The van der Waals surface area contributed by atoms with E-state index in [9.17, 15) is 4.79 Å².